The summed E-state index contributed by atoms with van der Waals surface area (Å²) in [5.41, 5.74) is -0.163. The fraction of sp³-hybridized carbons (Fsp3) is 0.500. The molecule has 1 rings (SSSR count). The second-order valence-corrected chi connectivity index (χ2v) is 4.11. The summed E-state index contributed by atoms with van der Waals surface area (Å²) in [6.07, 6.45) is 2.21. The largest absolute Gasteiger partial charge is 0.384 e. The van der Waals surface area contributed by atoms with Crippen molar-refractivity contribution in [3.05, 3.63) is 35.9 Å². The average Bonchev–Trinajstić information content (AvgIpc) is 2.36. The summed E-state index contributed by atoms with van der Waals surface area (Å²) in [7, 11) is 0. The molecule has 0 fully saturated rings. The first-order valence-corrected chi connectivity index (χ1v) is 5.86. The minimum Gasteiger partial charge on any atom is -0.384 e. The molecule has 0 bridgehead atoms. The van der Waals surface area contributed by atoms with E-state index < -0.39 is 5.60 Å². The van der Waals surface area contributed by atoms with Gasteiger partial charge >= 0.3 is 0 Å². The topological polar surface area (TPSA) is 44.0 Å². The summed E-state index contributed by atoms with van der Waals surface area (Å²) < 4.78 is 0. The van der Waals surface area contributed by atoms with Crippen molar-refractivity contribution < 1.29 is 5.11 Å². The van der Waals surface area contributed by atoms with Crippen LogP contribution in [0.3, 0.4) is 0 Å². The highest BCUT2D eigenvalue weighted by Gasteiger charge is 2.36. The summed E-state index contributed by atoms with van der Waals surface area (Å²) in [5, 5.41) is 19.8. The van der Waals surface area contributed by atoms with Crippen molar-refractivity contribution in [2.45, 2.75) is 38.7 Å². The van der Waals surface area contributed by atoms with Crippen LogP contribution >= 0.6 is 0 Å². The van der Waals surface area contributed by atoms with E-state index in [0.717, 1.165) is 18.4 Å². The molecule has 16 heavy (non-hydrogen) atoms. The van der Waals surface area contributed by atoms with E-state index in [1.165, 1.54) is 0 Å². The summed E-state index contributed by atoms with van der Waals surface area (Å²) >= 11 is 0. The van der Waals surface area contributed by atoms with Gasteiger partial charge in [0.05, 0.1) is 12.0 Å². The van der Waals surface area contributed by atoms with Gasteiger partial charge in [0.2, 0.25) is 0 Å². The first kappa shape index (κ1) is 12.7. The van der Waals surface area contributed by atoms with Gasteiger partial charge in [-0.1, -0.05) is 50.6 Å². The molecule has 0 amide bonds. The van der Waals surface area contributed by atoms with Gasteiger partial charge < -0.3 is 5.11 Å². The predicted octanol–water partition coefficient (Wildman–Crippen LogP) is 3.22. The number of rotatable bonds is 5. The van der Waals surface area contributed by atoms with Crippen molar-refractivity contribution in [2.75, 3.05) is 0 Å². The quantitative estimate of drug-likeness (QED) is 0.823. The molecule has 0 saturated carbocycles. The Bertz CT molecular complexity index is 355. The summed E-state index contributed by atoms with van der Waals surface area (Å²) in [6, 6.07) is 11.7. The molecule has 0 aliphatic carbocycles. The Labute approximate surface area is 97.5 Å². The van der Waals surface area contributed by atoms with Gasteiger partial charge in [-0.3, -0.25) is 0 Å². The second-order valence-electron chi connectivity index (χ2n) is 4.11. The number of nitrogens with zero attached hydrogens (tertiary/aromatic N) is 1. The molecule has 0 saturated heterocycles. The van der Waals surface area contributed by atoms with Crippen molar-refractivity contribution in [1.82, 2.24) is 0 Å². The number of nitriles is 1. The van der Waals surface area contributed by atoms with Gasteiger partial charge in [0.15, 0.2) is 0 Å². The predicted molar refractivity (Wildman–Crippen MR) is 64.6 cm³/mol. The molecule has 0 aliphatic rings. The van der Waals surface area contributed by atoms with Crippen LogP contribution in [0.2, 0.25) is 0 Å². The van der Waals surface area contributed by atoms with Crippen LogP contribution in [0.15, 0.2) is 30.3 Å². The fourth-order valence-corrected chi connectivity index (χ4v) is 2.08. The molecule has 2 heteroatoms. The summed E-state index contributed by atoms with van der Waals surface area (Å²) in [4.78, 5) is 0. The van der Waals surface area contributed by atoms with E-state index in [0.29, 0.717) is 6.42 Å². The Morgan fingerprint density at radius 2 is 1.94 bits per heavy atom. The molecular formula is C14H19NO. The lowest BCUT2D eigenvalue weighted by atomic mass is 9.78. The van der Waals surface area contributed by atoms with E-state index in [4.69, 9.17) is 0 Å². The molecule has 1 N–H and O–H groups in total. The van der Waals surface area contributed by atoms with Gasteiger partial charge in [0.25, 0.3) is 0 Å². The van der Waals surface area contributed by atoms with E-state index >= 15 is 0 Å². The number of aliphatic hydroxyl groups is 1. The standard InChI is InChI=1S/C14H19NO/c1-3-8-13(11-15)14(16,4-2)12-9-6-5-7-10-12/h5-7,9-10,13,16H,3-4,8H2,1-2H3. The minimum absolute atomic E-state index is 0.329. The first-order valence-electron chi connectivity index (χ1n) is 5.86. The normalized spacial score (nSPS) is 16.1. The van der Waals surface area contributed by atoms with Crippen LogP contribution < -0.4 is 0 Å². The van der Waals surface area contributed by atoms with E-state index in [1.807, 2.05) is 44.2 Å². The smallest absolute Gasteiger partial charge is 0.105 e. The SMILES string of the molecule is CCCC(C#N)C(O)(CC)c1ccccc1. The first-order chi connectivity index (χ1) is 7.69. The van der Waals surface area contributed by atoms with Crippen LogP contribution in [0.25, 0.3) is 0 Å². The fourth-order valence-electron chi connectivity index (χ4n) is 2.08. The highest BCUT2D eigenvalue weighted by molar-refractivity contribution is 5.25. The number of hydrogen-bond donors (Lipinski definition) is 1. The average molecular weight is 217 g/mol. The zero-order valence-electron chi connectivity index (χ0n) is 9.98. The van der Waals surface area contributed by atoms with Gasteiger partial charge in [-0.2, -0.15) is 5.26 Å². The lowest BCUT2D eigenvalue weighted by Gasteiger charge is -2.31. The molecule has 86 valence electrons. The minimum atomic E-state index is -1.01. The zero-order chi connectivity index (χ0) is 12.0. The Balaban J connectivity index is 3.06. The monoisotopic (exact) mass is 217 g/mol. The molecule has 1 aromatic carbocycles. The second kappa shape index (κ2) is 5.67. The molecule has 2 unspecified atom stereocenters. The molecule has 0 aliphatic heterocycles. The van der Waals surface area contributed by atoms with Crippen LogP contribution in [0, 0.1) is 17.2 Å². The molecule has 0 aromatic heterocycles. The van der Waals surface area contributed by atoms with E-state index in [-0.39, 0.29) is 5.92 Å². The third kappa shape index (κ3) is 2.43. The van der Waals surface area contributed by atoms with Crippen molar-refractivity contribution in [2.24, 2.45) is 5.92 Å². The lowest BCUT2D eigenvalue weighted by molar-refractivity contribution is -0.00994. The highest BCUT2D eigenvalue weighted by Crippen LogP contribution is 2.35. The van der Waals surface area contributed by atoms with Crippen molar-refractivity contribution >= 4 is 0 Å². The van der Waals surface area contributed by atoms with Gasteiger partial charge in [0, 0.05) is 0 Å². The Morgan fingerprint density at radius 1 is 1.31 bits per heavy atom. The molecule has 0 heterocycles. The molecule has 2 atom stereocenters. The van der Waals surface area contributed by atoms with Crippen LogP contribution in [-0.4, -0.2) is 5.11 Å². The third-order valence-corrected chi connectivity index (χ3v) is 3.12. The van der Waals surface area contributed by atoms with Gasteiger partial charge in [0.1, 0.15) is 5.60 Å². The van der Waals surface area contributed by atoms with Crippen molar-refractivity contribution in [1.29, 1.82) is 5.26 Å². The van der Waals surface area contributed by atoms with E-state index in [2.05, 4.69) is 6.07 Å². The Kier molecular flexibility index (Phi) is 4.52. The molecule has 1 aromatic rings. The molecule has 0 radical (unpaired) electrons. The summed E-state index contributed by atoms with van der Waals surface area (Å²) in [5.74, 6) is -0.329. The van der Waals surface area contributed by atoms with Crippen LogP contribution in [0.1, 0.15) is 38.7 Å². The van der Waals surface area contributed by atoms with E-state index in [9.17, 15) is 10.4 Å². The third-order valence-electron chi connectivity index (χ3n) is 3.12. The van der Waals surface area contributed by atoms with Gasteiger partial charge in [-0.25, -0.2) is 0 Å². The van der Waals surface area contributed by atoms with Crippen LogP contribution in [0.5, 0.6) is 0 Å². The Morgan fingerprint density at radius 3 is 2.38 bits per heavy atom. The maximum Gasteiger partial charge on any atom is 0.105 e. The van der Waals surface area contributed by atoms with Gasteiger partial charge in [-0.15, -0.1) is 0 Å². The molecule has 2 nitrogen and oxygen atoms in total. The van der Waals surface area contributed by atoms with Crippen LogP contribution in [0.4, 0.5) is 0 Å². The maximum atomic E-state index is 10.7. The van der Waals surface area contributed by atoms with Crippen LogP contribution in [-0.2, 0) is 5.60 Å². The molecular weight excluding hydrogens is 198 g/mol. The molecule has 0 spiro atoms. The van der Waals surface area contributed by atoms with Crippen molar-refractivity contribution in [3.8, 4) is 6.07 Å². The van der Waals surface area contributed by atoms with Crippen molar-refractivity contribution in [3.63, 3.8) is 0 Å². The van der Waals surface area contributed by atoms with E-state index in [1.54, 1.807) is 0 Å². The number of hydrogen-bond acceptors (Lipinski definition) is 2. The Hall–Kier alpha value is -1.33. The zero-order valence-corrected chi connectivity index (χ0v) is 9.98. The lowest BCUT2D eigenvalue weighted by Crippen LogP contribution is -2.33. The highest BCUT2D eigenvalue weighted by atomic mass is 16.3. The summed E-state index contributed by atoms with van der Waals surface area (Å²) in [6.45, 7) is 3.96. The maximum absolute atomic E-state index is 10.7. The van der Waals surface area contributed by atoms with Gasteiger partial charge in [-0.05, 0) is 18.4 Å². The number of benzene rings is 1.